The van der Waals surface area contributed by atoms with E-state index >= 15 is 0 Å². The molecule has 6 nitrogen and oxygen atoms in total. The van der Waals surface area contributed by atoms with Crippen LogP contribution in [0.2, 0.25) is 0 Å². The fourth-order valence-corrected chi connectivity index (χ4v) is 1.76. The van der Waals surface area contributed by atoms with Gasteiger partial charge < -0.3 is 14.4 Å². The van der Waals surface area contributed by atoms with Crippen molar-refractivity contribution in [2.45, 2.75) is 33.3 Å². The predicted molar refractivity (Wildman–Crippen MR) is 76.0 cm³/mol. The van der Waals surface area contributed by atoms with E-state index in [0.717, 1.165) is 11.3 Å². The van der Waals surface area contributed by atoms with Crippen LogP contribution in [0.25, 0.3) is 11.4 Å². The molecule has 0 fully saturated rings. The average molecular weight is 290 g/mol. The number of ether oxygens (including phenoxy) is 1. The largest absolute Gasteiger partial charge is 0.491 e. The number of carboxylic acid groups (broad SMARTS) is 1. The monoisotopic (exact) mass is 290 g/mol. The van der Waals surface area contributed by atoms with E-state index in [2.05, 4.69) is 10.1 Å². The second-order valence-electron chi connectivity index (χ2n) is 5.15. The van der Waals surface area contributed by atoms with Crippen LogP contribution in [-0.4, -0.2) is 27.3 Å². The molecule has 1 aromatic heterocycles. The second kappa shape index (κ2) is 6.39. The zero-order valence-corrected chi connectivity index (χ0v) is 12.2. The number of nitrogens with zero attached hydrogens (tertiary/aromatic N) is 2. The Morgan fingerprint density at radius 1 is 1.29 bits per heavy atom. The molecular formula is C15H18N2O4. The Labute approximate surface area is 122 Å². The lowest BCUT2D eigenvalue weighted by Gasteiger charge is -2.09. The van der Waals surface area contributed by atoms with Crippen LogP contribution in [-0.2, 0) is 11.2 Å². The summed E-state index contributed by atoms with van der Waals surface area (Å²) in [4.78, 5) is 15.0. The zero-order chi connectivity index (χ0) is 15.4. The quantitative estimate of drug-likeness (QED) is 0.880. The first-order chi connectivity index (χ1) is 9.95. The first-order valence-corrected chi connectivity index (χ1v) is 6.78. The number of rotatable bonds is 6. The summed E-state index contributed by atoms with van der Waals surface area (Å²) in [6, 6.07) is 7.36. The van der Waals surface area contributed by atoms with Crippen molar-refractivity contribution in [1.82, 2.24) is 10.1 Å². The lowest BCUT2D eigenvalue weighted by atomic mass is 10.1. The van der Waals surface area contributed by atoms with E-state index in [1.165, 1.54) is 0 Å². The summed E-state index contributed by atoms with van der Waals surface area (Å²) in [6.07, 6.45) is 0.335. The normalized spacial score (nSPS) is 12.4. The summed E-state index contributed by atoms with van der Waals surface area (Å²) < 4.78 is 10.6. The Balaban J connectivity index is 2.08. The molecule has 2 aromatic rings. The van der Waals surface area contributed by atoms with Gasteiger partial charge in [0.15, 0.2) is 0 Å². The van der Waals surface area contributed by atoms with Gasteiger partial charge in [0.2, 0.25) is 11.7 Å². The standard InChI is InChI=1S/C15H18N2O4/c1-9(2)20-12-6-4-11(5-7-12)14-16-13(21-17-14)8-10(3)15(18)19/h4-7,9-10H,8H2,1-3H3,(H,18,19). The summed E-state index contributed by atoms with van der Waals surface area (Å²) >= 11 is 0. The molecule has 1 heterocycles. The van der Waals surface area contributed by atoms with Crippen LogP contribution < -0.4 is 4.74 Å². The third-order valence-corrected chi connectivity index (χ3v) is 2.85. The van der Waals surface area contributed by atoms with Crippen LogP contribution in [0.1, 0.15) is 26.7 Å². The smallest absolute Gasteiger partial charge is 0.306 e. The van der Waals surface area contributed by atoms with E-state index in [1.807, 2.05) is 38.1 Å². The van der Waals surface area contributed by atoms with Crippen molar-refractivity contribution >= 4 is 5.97 Å². The molecule has 6 heteroatoms. The van der Waals surface area contributed by atoms with E-state index in [-0.39, 0.29) is 12.5 Å². The van der Waals surface area contributed by atoms with Gasteiger partial charge in [0, 0.05) is 12.0 Å². The van der Waals surface area contributed by atoms with E-state index in [9.17, 15) is 4.79 Å². The maximum atomic E-state index is 10.8. The van der Waals surface area contributed by atoms with Gasteiger partial charge in [0.25, 0.3) is 0 Å². The maximum Gasteiger partial charge on any atom is 0.306 e. The molecule has 0 radical (unpaired) electrons. The highest BCUT2D eigenvalue weighted by atomic mass is 16.5. The topological polar surface area (TPSA) is 85.5 Å². The van der Waals surface area contributed by atoms with Crippen molar-refractivity contribution in [2.75, 3.05) is 0 Å². The minimum atomic E-state index is -0.884. The number of carbonyl (C=O) groups is 1. The van der Waals surface area contributed by atoms with Gasteiger partial charge in [-0.1, -0.05) is 12.1 Å². The number of hydrogen-bond acceptors (Lipinski definition) is 5. The lowest BCUT2D eigenvalue weighted by molar-refractivity contribution is -0.141. The number of aromatic nitrogens is 2. The van der Waals surface area contributed by atoms with Gasteiger partial charge in [0.1, 0.15) is 5.75 Å². The first kappa shape index (κ1) is 15.0. The van der Waals surface area contributed by atoms with Crippen LogP contribution >= 0.6 is 0 Å². The van der Waals surface area contributed by atoms with E-state index in [0.29, 0.717) is 11.7 Å². The number of hydrogen-bond donors (Lipinski definition) is 1. The molecule has 0 saturated carbocycles. The Morgan fingerprint density at radius 2 is 1.95 bits per heavy atom. The highest BCUT2D eigenvalue weighted by Crippen LogP contribution is 2.21. The van der Waals surface area contributed by atoms with Crippen molar-refractivity contribution in [1.29, 1.82) is 0 Å². The van der Waals surface area contributed by atoms with Gasteiger partial charge >= 0.3 is 5.97 Å². The molecule has 0 spiro atoms. The number of carboxylic acids is 1. The molecule has 21 heavy (non-hydrogen) atoms. The third kappa shape index (κ3) is 4.05. The van der Waals surface area contributed by atoms with Crippen molar-refractivity contribution in [3.63, 3.8) is 0 Å². The molecule has 0 aliphatic heterocycles. The number of aliphatic carboxylic acids is 1. The summed E-state index contributed by atoms with van der Waals surface area (Å²) in [6.45, 7) is 5.52. The molecule has 0 bridgehead atoms. The summed E-state index contributed by atoms with van der Waals surface area (Å²) in [7, 11) is 0. The molecular weight excluding hydrogens is 272 g/mol. The van der Waals surface area contributed by atoms with Gasteiger partial charge in [-0.05, 0) is 38.1 Å². The maximum absolute atomic E-state index is 10.8. The number of benzene rings is 1. The van der Waals surface area contributed by atoms with Gasteiger partial charge in [-0.15, -0.1) is 0 Å². The van der Waals surface area contributed by atoms with E-state index in [4.69, 9.17) is 14.4 Å². The van der Waals surface area contributed by atoms with Gasteiger partial charge in [-0.2, -0.15) is 4.98 Å². The van der Waals surface area contributed by atoms with Gasteiger partial charge in [0.05, 0.1) is 12.0 Å². The SMILES string of the molecule is CC(C)Oc1ccc(-c2noc(CC(C)C(=O)O)n2)cc1. The van der Waals surface area contributed by atoms with Crippen molar-refractivity contribution in [2.24, 2.45) is 5.92 Å². The third-order valence-electron chi connectivity index (χ3n) is 2.85. The molecule has 2 rings (SSSR count). The van der Waals surface area contributed by atoms with Gasteiger partial charge in [-0.3, -0.25) is 4.79 Å². The summed E-state index contributed by atoms with van der Waals surface area (Å²) in [5, 5.41) is 12.7. The highest BCUT2D eigenvalue weighted by Gasteiger charge is 2.17. The van der Waals surface area contributed by atoms with Crippen LogP contribution in [0.4, 0.5) is 0 Å². The lowest BCUT2D eigenvalue weighted by Crippen LogP contribution is -2.12. The Bertz CT molecular complexity index is 604. The van der Waals surface area contributed by atoms with Crippen molar-refractivity contribution < 1.29 is 19.2 Å². The fourth-order valence-electron chi connectivity index (χ4n) is 1.76. The van der Waals surface area contributed by atoms with Crippen molar-refractivity contribution in [3.8, 4) is 17.1 Å². The van der Waals surface area contributed by atoms with E-state index in [1.54, 1.807) is 6.92 Å². The summed E-state index contributed by atoms with van der Waals surface area (Å²) in [5.41, 5.74) is 0.795. The highest BCUT2D eigenvalue weighted by molar-refractivity contribution is 5.69. The fraction of sp³-hybridized carbons (Fsp3) is 0.400. The van der Waals surface area contributed by atoms with Crippen LogP contribution in [0.5, 0.6) is 5.75 Å². The summed E-state index contributed by atoms with van der Waals surface area (Å²) in [5.74, 6) is 0.100. The molecule has 112 valence electrons. The molecule has 0 aliphatic rings. The van der Waals surface area contributed by atoms with Crippen LogP contribution in [0.15, 0.2) is 28.8 Å². The van der Waals surface area contributed by atoms with Gasteiger partial charge in [-0.25, -0.2) is 0 Å². The Kier molecular flexibility index (Phi) is 4.57. The van der Waals surface area contributed by atoms with Crippen LogP contribution in [0, 0.1) is 5.92 Å². The molecule has 1 atom stereocenters. The molecule has 0 amide bonds. The minimum Gasteiger partial charge on any atom is -0.491 e. The van der Waals surface area contributed by atoms with E-state index < -0.39 is 11.9 Å². The first-order valence-electron chi connectivity index (χ1n) is 6.78. The minimum absolute atomic E-state index is 0.116. The Hall–Kier alpha value is -2.37. The molecule has 1 N–H and O–H groups in total. The van der Waals surface area contributed by atoms with Crippen molar-refractivity contribution in [3.05, 3.63) is 30.2 Å². The average Bonchev–Trinajstić information content (AvgIpc) is 2.87. The molecule has 1 unspecified atom stereocenters. The Morgan fingerprint density at radius 3 is 2.52 bits per heavy atom. The zero-order valence-electron chi connectivity index (χ0n) is 12.2. The molecule has 0 saturated heterocycles. The van der Waals surface area contributed by atoms with Crippen LogP contribution in [0.3, 0.4) is 0 Å². The molecule has 0 aliphatic carbocycles. The molecule has 1 aromatic carbocycles. The second-order valence-corrected chi connectivity index (χ2v) is 5.15. The predicted octanol–water partition coefficient (Wildman–Crippen LogP) is 2.79.